The third kappa shape index (κ3) is 6.33. The summed E-state index contributed by atoms with van der Waals surface area (Å²) in [7, 11) is -1.58. The number of sulfonamides is 1. The van der Waals surface area contributed by atoms with Gasteiger partial charge in [0.15, 0.2) is 0 Å². The SMILES string of the molecule is COC(=O)c1ccc(C(=O)OC)c(NC(=O)CN(c2cc(Cl)cc(Cl)c2)S(C)(=O)=O)c1. The number of rotatable bonds is 7. The largest absolute Gasteiger partial charge is 0.465 e. The van der Waals surface area contributed by atoms with Crippen molar-refractivity contribution < 1.29 is 32.3 Å². The number of halogens is 2. The summed E-state index contributed by atoms with van der Waals surface area (Å²) < 4.78 is 34.6. The van der Waals surface area contributed by atoms with Gasteiger partial charge in [0.05, 0.1) is 43.0 Å². The van der Waals surface area contributed by atoms with Crippen LogP contribution in [0, 0.1) is 0 Å². The first-order valence-electron chi connectivity index (χ1n) is 8.50. The highest BCUT2D eigenvalue weighted by Crippen LogP contribution is 2.27. The number of methoxy groups -OCH3 is 2. The second-order valence-electron chi connectivity index (χ2n) is 6.19. The third-order valence-corrected chi connectivity index (χ3v) is 5.52. The quantitative estimate of drug-likeness (QED) is 0.594. The van der Waals surface area contributed by atoms with E-state index in [-0.39, 0.29) is 32.5 Å². The molecule has 0 saturated carbocycles. The van der Waals surface area contributed by atoms with Crippen molar-refractivity contribution in [3.05, 3.63) is 57.6 Å². The number of ether oxygens (including phenoxy) is 2. The van der Waals surface area contributed by atoms with Gasteiger partial charge in [0.25, 0.3) is 0 Å². The highest BCUT2D eigenvalue weighted by molar-refractivity contribution is 7.92. The van der Waals surface area contributed by atoms with Crippen LogP contribution in [0.4, 0.5) is 11.4 Å². The van der Waals surface area contributed by atoms with Crippen LogP contribution in [-0.2, 0) is 24.3 Å². The van der Waals surface area contributed by atoms with Crippen LogP contribution >= 0.6 is 23.2 Å². The second-order valence-corrected chi connectivity index (χ2v) is 8.97. The second kappa shape index (κ2) is 9.99. The molecule has 0 aliphatic heterocycles. The Morgan fingerprint density at radius 2 is 1.55 bits per heavy atom. The number of carbonyl (C=O) groups is 3. The van der Waals surface area contributed by atoms with Crippen LogP contribution < -0.4 is 9.62 Å². The molecule has 0 heterocycles. The zero-order valence-corrected chi connectivity index (χ0v) is 19.0. The van der Waals surface area contributed by atoms with E-state index < -0.39 is 34.4 Å². The first-order valence-corrected chi connectivity index (χ1v) is 11.1. The summed E-state index contributed by atoms with van der Waals surface area (Å²) in [6, 6.07) is 7.90. The average Bonchev–Trinajstić information content (AvgIpc) is 2.69. The average molecular weight is 489 g/mol. The molecule has 0 spiro atoms. The lowest BCUT2D eigenvalue weighted by Crippen LogP contribution is -2.37. The minimum absolute atomic E-state index is 0.0415. The number of benzene rings is 2. The van der Waals surface area contributed by atoms with Crippen LogP contribution in [0.3, 0.4) is 0 Å². The van der Waals surface area contributed by atoms with Crippen LogP contribution in [0.2, 0.25) is 10.0 Å². The first kappa shape index (κ1) is 24.4. The Balaban J connectivity index is 2.40. The molecule has 0 unspecified atom stereocenters. The van der Waals surface area contributed by atoms with Crippen molar-refractivity contribution in [3.8, 4) is 0 Å². The fourth-order valence-corrected chi connectivity index (χ4v) is 3.94. The molecule has 166 valence electrons. The maximum Gasteiger partial charge on any atom is 0.339 e. The molecule has 1 amide bonds. The molecule has 0 saturated heterocycles. The summed E-state index contributed by atoms with van der Waals surface area (Å²) in [5, 5.41) is 2.78. The van der Waals surface area contributed by atoms with E-state index in [0.717, 1.165) is 17.7 Å². The molecule has 2 rings (SSSR count). The van der Waals surface area contributed by atoms with Crippen molar-refractivity contribution in [2.75, 3.05) is 36.6 Å². The molecule has 31 heavy (non-hydrogen) atoms. The van der Waals surface area contributed by atoms with Crippen LogP contribution in [0.1, 0.15) is 20.7 Å². The van der Waals surface area contributed by atoms with E-state index in [2.05, 4.69) is 14.8 Å². The predicted octanol–water partition coefficient (Wildman–Crippen LogP) is 2.97. The van der Waals surface area contributed by atoms with E-state index in [0.29, 0.717) is 0 Å². The molecular formula is C19H18Cl2N2O7S. The van der Waals surface area contributed by atoms with Crippen LogP contribution in [0.5, 0.6) is 0 Å². The van der Waals surface area contributed by atoms with Gasteiger partial charge in [-0.25, -0.2) is 18.0 Å². The summed E-state index contributed by atoms with van der Waals surface area (Å²) in [5.41, 5.74) is 0.0382. The van der Waals surface area contributed by atoms with E-state index in [4.69, 9.17) is 23.2 Å². The summed E-state index contributed by atoms with van der Waals surface area (Å²) in [6.07, 6.45) is 0.910. The van der Waals surface area contributed by atoms with E-state index >= 15 is 0 Å². The van der Waals surface area contributed by atoms with Crippen molar-refractivity contribution in [3.63, 3.8) is 0 Å². The Morgan fingerprint density at radius 3 is 2.06 bits per heavy atom. The van der Waals surface area contributed by atoms with Gasteiger partial charge in [0.1, 0.15) is 6.54 Å². The topological polar surface area (TPSA) is 119 Å². The number of hydrogen-bond acceptors (Lipinski definition) is 7. The van der Waals surface area contributed by atoms with E-state index in [1.807, 2.05) is 0 Å². The number of amides is 1. The van der Waals surface area contributed by atoms with Gasteiger partial charge in [-0.15, -0.1) is 0 Å². The molecule has 0 radical (unpaired) electrons. The molecule has 0 atom stereocenters. The minimum Gasteiger partial charge on any atom is -0.465 e. The number of carbonyl (C=O) groups excluding carboxylic acids is 3. The highest BCUT2D eigenvalue weighted by atomic mass is 35.5. The Labute approximate surface area is 188 Å². The lowest BCUT2D eigenvalue weighted by Gasteiger charge is -2.22. The molecule has 0 aliphatic carbocycles. The zero-order chi connectivity index (χ0) is 23.3. The molecule has 0 fully saturated rings. The van der Waals surface area contributed by atoms with Gasteiger partial charge in [0.2, 0.25) is 15.9 Å². The normalized spacial score (nSPS) is 10.9. The minimum atomic E-state index is -3.91. The van der Waals surface area contributed by atoms with Gasteiger partial charge >= 0.3 is 11.9 Å². The molecule has 0 bridgehead atoms. The van der Waals surface area contributed by atoms with Gasteiger partial charge < -0.3 is 14.8 Å². The Kier molecular flexibility index (Phi) is 7.88. The van der Waals surface area contributed by atoms with E-state index in [1.165, 1.54) is 43.5 Å². The molecule has 9 nitrogen and oxygen atoms in total. The van der Waals surface area contributed by atoms with Crippen LogP contribution in [0.15, 0.2) is 36.4 Å². The van der Waals surface area contributed by atoms with Crippen molar-refractivity contribution in [1.29, 1.82) is 0 Å². The monoisotopic (exact) mass is 488 g/mol. The van der Waals surface area contributed by atoms with Crippen molar-refractivity contribution in [2.24, 2.45) is 0 Å². The molecule has 0 aliphatic rings. The molecule has 0 aromatic heterocycles. The van der Waals surface area contributed by atoms with Crippen molar-refractivity contribution >= 4 is 62.4 Å². The van der Waals surface area contributed by atoms with Gasteiger partial charge in [-0.1, -0.05) is 23.2 Å². The highest BCUT2D eigenvalue weighted by Gasteiger charge is 2.23. The van der Waals surface area contributed by atoms with Gasteiger partial charge in [0, 0.05) is 10.0 Å². The number of nitrogens with zero attached hydrogens (tertiary/aromatic N) is 1. The summed E-state index contributed by atoms with van der Waals surface area (Å²) in [5.74, 6) is -2.26. The van der Waals surface area contributed by atoms with E-state index in [1.54, 1.807) is 0 Å². The third-order valence-electron chi connectivity index (χ3n) is 3.94. The van der Waals surface area contributed by atoms with Gasteiger partial charge in [-0.2, -0.15) is 0 Å². The Bertz CT molecular complexity index is 1120. The maximum absolute atomic E-state index is 12.7. The standard InChI is InChI=1S/C19H18Cl2N2O7S/c1-29-18(25)11-4-5-15(19(26)30-2)16(6-11)22-17(24)10-23(31(3,27)28)14-8-12(20)7-13(21)9-14/h4-9H,10H2,1-3H3,(H,22,24). The number of nitrogens with one attached hydrogen (secondary N) is 1. The smallest absolute Gasteiger partial charge is 0.339 e. The summed E-state index contributed by atoms with van der Waals surface area (Å²) >= 11 is 11.9. The summed E-state index contributed by atoms with van der Waals surface area (Å²) in [6.45, 7) is -0.654. The molecule has 12 heteroatoms. The van der Waals surface area contributed by atoms with Crippen molar-refractivity contribution in [2.45, 2.75) is 0 Å². The Morgan fingerprint density at radius 1 is 0.968 bits per heavy atom. The van der Waals surface area contributed by atoms with Crippen LogP contribution in [-0.4, -0.2) is 53.3 Å². The van der Waals surface area contributed by atoms with Gasteiger partial charge in [-0.3, -0.25) is 9.10 Å². The lowest BCUT2D eigenvalue weighted by molar-refractivity contribution is -0.114. The first-order chi connectivity index (χ1) is 14.5. The Hall–Kier alpha value is -2.82. The maximum atomic E-state index is 12.7. The molecule has 2 aromatic rings. The predicted molar refractivity (Wildman–Crippen MR) is 116 cm³/mol. The van der Waals surface area contributed by atoms with Crippen molar-refractivity contribution in [1.82, 2.24) is 0 Å². The van der Waals surface area contributed by atoms with Gasteiger partial charge in [-0.05, 0) is 36.4 Å². The van der Waals surface area contributed by atoms with Crippen LogP contribution in [0.25, 0.3) is 0 Å². The number of anilines is 2. The molecule has 1 N–H and O–H groups in total. The number of esters is 2. The fraction of sp³-hybridized carbons (Fsp3) is 0.211. The number of hydrogen-bond donors (Lipinski definition) is 1. The van der Waals surface area contributed by atoms with E-state index in [9.17, 15) is 22.8 Å². The lowest BCUT2D eigenvalue weighted by atomic mass is 10.1. The fourth-order valence-electron chi connectivity index (χ4n) is 2.58. The molecular weight excluding hydrogens is 471 g/mol. The summed E-state index contributed by atoms with van der Waals surface area (Å²) in [4.78, 5) is 36.5. The zero-order valence-electron chi connectivity index (χ0n) is 16.6. The molecule has 2 aromatic carbocycles.